The molecule has 17 heavy (non-hydrogen) atoms. The van der Waals surface area contributed by atoms with Gasteiger partial charge < -0.3 is 14.6 Å². The third-order valence-corrected chi connectivity index (χ3v) is 3.02. The summed E-state index contributed by atoms with van der Waals surface area (Å²) in [5.41, 5.74) is 0. The molecule has 0 aromatic heterocycles. The van der Waals surface area contributed by atoms with Gasteiger partial charge in [0.1, 0.15) is 11.7 Å². The monoisotopic (exact) mass is 260 g/mol. The highest BCUT2D eigenvalue weighted by Gasteiger charge is 2.23. The first-order valence-corrected chi connectivity index (χ1v) is 6.19. The van der Waals surface area contributed by atoms with Crippen molar-refractivity contribution in [3.63, 3.8) is 0 Å². The minimum Gasteiger partial charge on any atom is -0.339 e. The lowest BCUT2D eigenvalue weighted by molar-refractivity contribution is -0.138. The molecule has 0 atom stereocenters. The molecule has 0 aromatic carbocycles. The van der Waals surface area contributed by atoms with Gasteiger partial charge in [0.2, 0.25) is 11.8 Å². The molecule has 0 radical (unpaired) electrons. The van der Waals surface area contributed by atoms with Gasteiger partial charge in [-0.3, -0.25) is 9.59 Å². The second kappa shape index (κ2) is 6.59. The van der Waals surface area contributed by atoms with E-state index in [0.29, 0.717) is 32.6 Å². The Morgan fingerprint density at radius 1 is 0.941 bits per heavy atom. The molecule has 2 amide bonds. The summed E-state index contributed by atoms with van der Waals surface area (Å²) in [4.78, 5) is 37.1. The number of rotatable bonds is 4. The molecule has 1 rings (SSSR count). The zero-order valence-corrected chi connectivity index (χ0v) is 10.7. The highest BCUT2D eigenvalue weighted by Crippen LogP contribution is 2.06. The predicted octanol–water partition coefficient (Wildman–Crippen LogP) is 0.265. The molecule has 0 saturated carbocycles. The lowest BCUT2D eigenvalue weighted by Crippen LogP contribution is -2.51. The first-order valence-electron chi connectivity index (χ1n) is 5.65. The Morgan fingerprint density at radius 2 is 1.41 bits per heavy atom. The number of Topliss-reactive ketones (excluding diaryl/α,β-unsaturated/α-hetero) is 1. The smallest absolute Gasteiger partial charge is 0.237 e. The van der Waals surface area contributed by atoms with Crippen LogP contribution in [0.2, 0.25) is 0 Å². The summed E-state index contributed by atoms with van der Waals surface area (Å²) < 4.78 is 0. The minimum atomic E-state index is -0.0949. The summed E-state index contributed by atoms with van der Waals surface area (Å²) in [6.07, 6.45) is 0.554. The van der Waals surface area contributed by atoms with Crippen LogP contribution in [0.4, 0.5) is 0 Å². The zero-order chi connectivity index (χ0) is 12.8. The topological polar surface area (TPSA) is 57.7 Å². The summed E-state index contributed by atoms with van der Waals surface area (Å²) >= 11 is 5.46. The summed E-state index contributed by atoms with van der Waals surface area (Å²) in [6, 6.07) is 0. The Hall–Kier alpha value is -1.10. The lowest BCUT2D eigenvalue weighted by Gasteiger charge is -2.34. The number of ketones is 1. The van der Waals surface area contributed by atoms with E-state index in [-0.39, 0.29) is 29.9 Å². The number of hydrogen-bond acceptors (Lipinski definition) is 3. The van der Waals surface area contributed by atoms with Crippen LogP contribution in [0.15, 0.2) is 0 Å². The molecule has 5 nitrogen and oxygen atoms in total. The largest absolute Gasteiger partial charge is 0.339 e. The molecule has 1 saturated heterocycles. The Balaban J connectivity index is 2.33. The van der Waals surface area contributed by atoms with Gasteiger partial charge in [0, 0.05) is 39.0 Å². The van der Waals surface area contributed by atoms with Gasteiger partial charge in [0.15, 0.2) is 0 Å². The van der Waals surface area contributed by atoms with Crippen LogP contribution in [-0.4, -0.2) is 59.5 Å². The van der Waals surface area contributed by atoms with E-state index < -0.39 is 0 Å². The van der Waals surface area contributed by atoms with E-state index in [2.05, 4.69) is 0 Å². The lowest BCUT2D eigenvalue weighted by atomic mass is 10.2. The van der Waals surface area contributed by atoms with Crippen molar-refractivity contribution in [3.05, 3.63) is 0 Å². The predicted molar refractivity (Wildman–Crippen MR) is 63.8 cm³/mol. The van der Waals surface area contributed by atoms with Crippen LogP contribution in [0.1, 0.15) is 19.8 Å². The standard InChI is InChI=1S/C11H17ClN2O3/c1-9(15)2-3-10(16)13-4-6-14(7-5-13)11(17)8-12/h2-8H2,1H3. The maximum absolute atomic E-state index is 11.7. The maximum Gasteiger partial charge on any atom is 0.237 e. The van der Waals surface area contributed by atoms with Crippen molar-refractivity contribution in [2.24, 2.45) is 0 Å². The Morgan fingerprint density at radius 3 is 1.82 bits per heavy atom. The van der Waals surface area contributed by atoms with Crippen molar-refractivity contribution < 1.29 is 14.4 Å². The van der Waals surface area contributed by atoms with Crippen LogP contribution < -0.4 is 0 Å². The van der Waals surface area contributed by atoms with Gasteiger partial charge in [-0.25, -0.2) is 0 Å². The van der Waals surface area contributed by atoms with E-state index in [0.717, 1.165) is 0 Å². The first kappa shape index (κ1) is 14.0. The van der Waals surface area contributed by atoms with Crippen molar-refractivity contribution in [3.8, 4) is 0 Å². The quantitative estimate of drug-likeness (QED) is 0.682. The molecule has 0 unspecified atom stereocenters. The number of amides is 2. The Labute approximate surface area is 106 Å². The molecular formula is C11H17ClN2O3. The Bertz CT molecular complexity index is 312. The maximum atomic E-state index is 11.7. The van der Waals surface area contributed by atoms with Crippen LogP contribution in [0, 0.1) is 0 Å². The number of nitrogens with zero attached hydrogens (tertiary/aromatic N) is 2. The van der Waals surface area contributed by atoms with Crippen LogP contribution in [0.3, 0.4) is 0 Å². The van der Waals surface area contributed by atoms with Crippen molar-refractivity contribution >= 4 is 29.2 Å². The minimum absolute atomic E-state index is 0.0156. The molecule has 1 aliphatic heterocycles. The molecule has 0 aliphatic carbocycles. The number of halogens is 1. The zero-order valence-electron chi connectivity index (χ0n) is 9.95. The molecule has 0 N–H and O–H groups in total. The van der Waals surface area contributed by atoms with Gasteiger partial charge in [0.25, 0.3) is 0 Å². The van der Waals surface area contributed by atoms with Crippen LogP contribution in [-0.2, 0) is 14.4 Å². The number of hydrogen-bond donors (Lipinski definition) is 0. The fraction of sp³-hybridized carbons (Fsp3) is 0.727. The average molecular weight is 261 g/mol. The summed E-state index contributed by atoms with van der Waals surface area (Å²) in [6.45, 7) is 3.58. The normalized spacial score (nSPS) is 15.9. The molecular weight excluding hydrogens is 244 g/mol. The summed E-state index contributed by atoms with van der Waals surface area (Å²) in [5.74, 6) is -0.104. The van der Waals surface area contributed by atoms with Crippen LogP contribution in [0.5, 0.6) is 0 Å². The highest BCUT2D eigenvalue weighted by molar-refractivity contribution is 6.27. The van der Waals surface area contributed by atoms with Crippen LogP contribution >= 0.6 is 11.6 Å². The van der Waals surface area contributed by atoms with Crippen LogP contribution in [0.25, 0.3) is 0 Å². The van der Waals surface area contributed by atoms with Crippen molar-refractivity contribution in [1.29, 1.82) is 0 Å². The van der Waals surface area contributed by atoms with E-state index in [1.54, 1.807) is 9.80 Å². The highest BCUT2D eigenvalue weighted by atomic mass is 35.5. The van der Waals surface area contributed by atoms with Gasteiger partial charge >= 0.3 is 0 Å². The fourth-order valence-corrected chi connectivity index (χ4v) is 1.90. The summed E-state index contributed by atoms with van der Waals surface area (Å²) in [5, 5.41) is 0. The molecule has 0 spiro atoms. The first-order chi connectivity index (χ1) is 8.04. The van der Waals surface area contributed by atoms with Crippen molar-refractivity contribution in [1.82, 2.24) is 9.80 Å². The van der Waals surface area contributed by atoms with Gasteiger partial charge in [-0.1, -0.05) is 0 Å². The van der Waals surface area contributed by atoms with Crippen molar-refractivity contribution in [2.45, 2.75) is 19.8 Å². The van der Waals surface area contributed by atoms with Gasteiger partial charge in [-0.2, -0.15) is 0 Å². The molecule has 1 aliphatic rings. The number of piperazine rings is 1. The molecule has 0 bridgehead atoms. The number of carbonyl (C=O) groups is 3. The number of alkyl halides is 1. The molecule has 1 fully saturated rings. The van der Waals surface area contributed by atoms with E-state index in [1.165, 1.54) is 6.92 Å². The number of carbonyl (C=O) groups excluding carboxylic acids is 3. The SMILES string of the molecule is CC(=O)CCC(=O)N1CCN(C(=O)CCl)CC1. The third kappa shape index (κ3) is 4.34. The second-order valence-electron chi connectivity index (χ2n) is 4.10. The third-order valence-electron chi connectivity index (χ3n) is 2.79. The molecule has 96 valence electrons. The van der Waals surface area contributed by atoms with Crippen molar-refractivity contribution in [2.75, 3.05) is 32.1 Å². The Kier molecular flexibility index (Phi) is 5.41. The average Bonchev–Trinajstić information content (AvgIpc) is 2.35. The van der Waals surface area contributed by atoms with E-state index in [4.69, 9.17) is 11.6 Å². The van der Waals surface area contributed by atoms with Gasteiger partial charge in [0.05, 0.1) is 0 Å². The second-order valence-corrected chi connectivity index (χ2v) is 4.36. The van der Waals surface area contributed by atoms with E-state index in [1.807, 2.05) is 0 Å². The van der Waals surface area contributed by atoms with E-state index >= 15 is 0 Å². The van der Waals surface area contributed by atoms with Gasteiger partial charge in [-0.05, 0) is 6.92 Å². The fourth-order valence-electron chi connectivity index (χ4n) is 1.73. The molecule has 6 heteroatoms. The molecule has 0 aromatic rings. The van der Waals surface area contributed by atoms with Gasteiger partial charge in [-0.15, -0.1) is 11.6 Å². The molecule has 1 heterocycles. The summed E-state index contributed by atoms with van der Waals surface area (Å²) in [7, 11) is 0. The van der Waals surface area contributed by atoms with E-state index in [9.17, 15) is 14.4 Å².